The summed E-state index contributed by atoms with van der Waals surface area (Å²) in [6, 6.07) is -0.774. The number of hydrogen-bond donors (Lipinski definition) is 1. The third-order valence-corrected chi connectivity index (χ3v) is 4.07. The zero-order chi connectivity index (χ0) is 27.9. The molecule has 0 bridgehead atoms. The molecule has 3 unspecified atom stereocenters. The molecule has 0 aromatic heterocycles. The first-order valence-electron chi connectivity index (χ1n) is 14.0. The van der Waals surface area contributed by atoms with Crippen molar-refractivity contribution in [2.75, 3.05) is 27.1 Å². The fourth-order valence-electron chi connectivity index (χ4n) is 2.99. The largest absolute Gasteiger partial charge is 0.493 e. The third kappa shape index (κ3) is 3.20. The molecule has 23 heavy (non-hydrogen) atoms. The second-order valence-electron chi connectivity index (χ2n) is 6.20. The molecule has 0 aliphatic carbocycles. The summed E-state index contributed by atoms with van der Waals surface area (Å²) in [6.07, 6.45) is -4.84. The van der Waals surface area contributed by atoms with E-state index in [9.17, 15) is 6.48 Å². The van der Waals surface area contributed by atoms with Gasteiger partial charge in [-0.15, -0.1) is 0 Å². The Morgan fingerprint density at radius 1 is 1.39 bits per heavy atom. The quantitative estimate of drug-likeness (QED) is 0.920. The molecule has 128 valence electrons. The Morgan fingerprint density at radius 3 is 2.83 bits per heavy atom. The van der Waals surface area contributed by atoms with E-state index in [4.69, 9.17) is 25.9 Å². The summed E-state index contributed by atoms with van der Waals surface area (Å²) in [6.45, 7) is -2.27. The smallest absolute Gasteiger partial charge is 0.161 e. The summed E-state index contributed by atoms with van der Waals surface area (Å²) in [4.78, 5) is 0.457. The van der Waals surface area contributed by atoms with Crippen LogP contribution in [-0.4, -0.2) is 43.2 Å². The monoisotopic (exact) mass is 332 g/mol. The first kappa shape index (κ1) is 6.93. The molecule has 0 radical (unpaired) electrons. The zero-order valence-corrected chi connectivity index (χ0v) is 13.0. The van der Waals surface area contributed by atoms with Crippen LogP contribution in [0.4, 0.5) is 0 Å². The second-order valence-corrected chi connectivity index (χ2v) is 6.20. The highest BCUT2D eigenvalue weighted by Crippen LogP contribution is 2.43. The number of piperidine rings is 1. The molecule has 2 heterocycles. The molecule has 2 aliphatic heterocycles. The number of methoxy groups -OCH3 is 2. The first-order valence-corrected chi connectivity index (χ1v) is 7.51. The molecule has 0 saturated carbocycles. The van der Waals surface area contributed by atoms with Crippen molar-refractivity contribution in [3.8, 4) is 11.5 Å². The summed E-state index contributed by atoms with van der Waals surface area (Å²) >= 11 is 0. The van der Waals surface area contributed by atoms with Crippen molar-refractivity contribution in [2.45, 2.75) is 45.2 Å². The van der Waals surface area contributed by atoms with Gasteiger partial charge in [-0.25, -0.2) is 0 Å². The number of ether oxygens (including phenoxy) is 2. The lowest BCUT2D eigenvalue weighted by Crippen LogP contribution is -2.48. The van der Waals surface area contributed by atoms with E-state index >= 15 is 0 Å². The van der Waals surface area contributed by atoms with Crippen molar-refractivity contribution in [3.63, 3.8) is 0 Å². The molecule has 1 aromatic carbocycles. The number of rotatable bonds is 4. The van der Waals surface area contributed by atoms with Crippen molar-refractivity contribution in [2.24, 2.45) is 11.8 Å². The van der Waals surface area contributed by atoms with Gasteiger partial charge in [0.2, 0.25) is 0 Å². The van der Waals surface area contributed by atoms with Crippen LogP contribution in [0.1, 0.15) is 61.7 Å². The molecule has 0 spiro atoms. The van der Waals surface area contributed by atoms with E-state index in [-0.39, 0.29) is 17.9 Å². The highest BCUT2D eigenvalue weighted by Gasteiger charge is 2.38. The van der Waals surface area contributed by atoms with Gasteiger partial charge in [0.1, 0.15) is 0 Å². The van der Waals surface area contributed by atoms with Gasteiger partial charge in [-0.1, -0.05) is 13.8 Å². The molecular weight excluding hydrogens is 290 g/mol. The van der Waals surface area contributed by atoms with Crippen molar-refractivity contribution < 1.29 is 32.4 Å². The van der Waals surface area contributed by atoms with Gasteiger partial charge in [0.15, 0.2) is 11.5 Å². The predicted octanol–water partition coefficient (Wildman–Crippen LogP) is 3.03. The summed E-state index contributed by atoms with van der Waals surface area (Å²) in [5, 5.41) is 10.9. The zero-order valence-electron chi connectivity index (χ0n) is 26.0. The Labute approximate surface area is 157 Å². The minimum Gasteiger partial charge on any atom is -0.493 e. The molecule has 4 nitrogen and oxygen atoms in total. The van der Waals surface area contributed by atoms with Crippen LogP contribution in [0.15, 0.2) is 12.1 Å². The Bertz CT molecular complexity index is 1010. The summed E-state index contributed by atoms with van der Waals surface area (Å²) in [5.74, 6) is -2.64. The molecule has 3 atom stereocenters. The van der Waals surface area contributed by atoms with Crippen LogP contribution in [0.25, 0.3) is 0 Å². The Balaban J connectivity index is 2.35. The normalized spacial score (nSPS) is 46.7. The molecule has 0 amide bonds. The molecule has 2 aliphatic rings. The van der Waals surface area contributed by atoms with E-state index in [2.05, 4.69) is 0 Å². The summed E-state index contributed by atoms with van der Waals surface area (Å²) in [7, 11) is -6.20. The fourth-order valence-corrected chi connectivity index (χ4v) is 2.99. The number of aryl methyl sites for hydroxylation is 1. The van der Waals surface area contributed by atoms with Gasteiger partial charge in [-0.2, -0.15) is 0 Å². The van der Waals surface area contributed by atoms with Crippen LogP contribution in [-0.2, 0) is 6.37 Å². The lowest BCUT2D eigenvalue weighted by atomic mass is 9.79. The number of aliphatic hydroxyl groups excluding tert-OH is 1. The highest BCUT2D eigenvalue weighted by molar-refractivity contribution is 5.49. The minimum atomic E-state index is -3.15. The Kier molecular flexibility index (Phi) is 2.02. The predicted molar refractivity (Wildman–Crippen MR) is 91.1 cm³/mol. The Morgan fingerprint density at radius 2 is 2.13 bits per heavy atom. The van der Waals surface area contributed by atoms with Crippen LogP contribution in [0.5, 0.6) is 11.5 Å². The lowest BCUT2D eigenvalue weighted by Gasteiger charge is -2.46. The van der Waals surface area contributed by atoms with Gasteiger partial charge >= 0.3 is 0 Å². The van der Waals surface area contributed by atoms with Crippen molar-refractivity contribution in [1.29, 1.82) is 0 Å². The van der Waals surface area contributed by atoms with Gasteiger partial charge in [-0.05, 0) is 54.3 Å². The van der Waals surface area contributed by atoms with Crippen molar-refractivity contribution >= 4 is 0 Å². The Hall–Kier alpha value is -1.26. The third-order valence-electron chi connectivity index (χ3n) is 4.07. The van der Waals surface area contributed by atoms with E-state index < -0.39 is 75.0 Å². The molecule has 4 heteroatoms. The number of benzene rings is 1. The molecular formula is C19H29NO3. The van der Waals surface area contributed by atoms with Gasteiger partial charge in [0, 0.05) is 27.2 Å². The van der Waals surface area contributed by atoms with Crippen molar-refractivity contribution in [3.05, 3.63) is 23.3 Å². The van der Waals surface area contributed by atoms with Gasteiger partial charge in [0.25, 0.3) is 0 Å². The van der Waals surface area contributed by atoms with Gasteiger partial charge in [-0.3, -0.25) is 4.90 Å². The van der Waals surface area contributed by atoms with E-state index in [1.807, 2.05) is 0 Å². The number of hydrogen-bond acceptors (Lipinski definition) is 4. The van der Waals surface area contributed by atoms with E-state index in [1.165, 1.54) is 0 Å². The molecule has 1 aromatic rings. The van der Waals surface area contributed by atoms with Gasteiger partial charge < -0.3 is 14.6 Å². The fraction of sp³-hybridized carbons (Fsp3) is 0.684. The maximum absolute atomic E-state index is 10.9. The average molecular weight is 333 g/mol. The van der Waals surface area contributed by atoms with E-state index in [0.717, 1.165) is 12.1 Å². The number of nitrogens with zero attached hydrogens (tertiary/aromatic N) is 1. The molecule has 1 saturated heterocycles. The van der Waals surface area contributed by atoms with Crippen LogP contribution < -0.4 is 9.47 Å². The number of fused-ring (bicyclic) bond motifs is 3. The van der Waals surface area contributed by atoms with Gasteiger partial charge in [0.05, 0.1) is 29.8 Å². The van der Waals surface area contributed by atoms with Crippen LogP contribution in [0, 0.1) is 11.8 Å². The molecule has 3 rings (SSSR count). The topological polar surface area (TPSA) is 41.9 Å². The maximum atomic E-state index is 10.9. The standard InChI is InChI=1S/C19H29NO3/c1-12(2)7-14-11-20-6-5-13-8-18(22-3)19(23-4)9-15(13)16(20)10-17(14)21/h8-9,12,14,16-17,21H,5-7,10-11H2,1-4H3/i3D3,4D3,5D2,6D2,11D2,16D. The minimum absolute atomic E-state index is 0.100. The SMILES string of the molecule is [2H]C([2H])([2H])Oc1cc2c(cc1OC([2H])([2H])[2H])C([2H])([2H])C([2H])([2H])N1C2([2H])CC(O)C(CC(C)C)C1([2H])[2H]. The molecule has 1 N–H and O–H groups in total. The van der Waals surface area contributed by atoms with E-state index in [0.29, 0.717) is 4.90 Å². The van der Waals surface area contributed by atoms with Crippen LogP contribution in [0.3, 0.4) is 0 Å². The summed E-state index contributed by atoms with van der Waals surface area (Å²) in [5.41, 5.74) is -0.910. The molecule has 1 fully saturated rings. The number of aliphatic hydroxyl groups is 1. The highest BCUT2D eigenvalue weighted by atomic mass is 16.5. The average Bonchev–Trinajstić information content (AvgIpc) is 2.61. The van der Waals surface area contributed by atoms with Crippen LogP contribution in [0.2, 0.25) is 0 Å². The lowest BCUT2D eigenvalue weighted by molar-refractivity contribution is -0.0191. The first-order chi connectivity index (χ1) is 15.9. The summed E-state index contributed by atoms with van der Waals surface area (Å²) < 4.78 is 115. The second kappa shape index (κ2) is 6.70. The van der Waals surface area contributed by atoms with E-state index in [1.54, 1.807) is 13.8 Å². The van der Waals surface area contributed by atoms with Crippen molar-refractivity contribution in [1.82, 2.24) is 4.90 Å². The van der Waals surface area contributed by atoms with Crippen LogP contribution >= 0.6 is 0 Å². The maximum Gasteiger partial charge on any atom is 0.161 e.